The smallest absolute Gasteiger partial charge is 0.187 e. The number of nitrogens with zero attached hydrogens (tertiary/aromatic N) is 1. The molecule has 3 aromatic carbocycles. The predicted octanol–water partition coefficient (Wildman–Crippen LogP) is 15.3. The molecule has 5 heteroatoms. The van der Waals surface area contributed by atoms with Gasteiger partial charge in [0.25, 0.3) is 0 Å². The van der Waals surface area contributed by atoms with E-state index in [4.69, 9.17) is 11.3 Å². The molecule has 3 aromatic rings. The lowest BCUT2D eigenvalue weighted by molar-refractivity contribution is 0.304. The summed E-state index contributed by atoms with van der Waals surface area (Å²) < 4.78 is 20.9. The van der Waals surface area contributed by atoms with Crippen molar-refractivity contribution < 1.29 is 9.13 Å². The average molecular weight is 690 g/mol. The first-order chi connectivity index (χ1) is 23.7. The fourth-order valence-electron chi connectivity index (χ4n) is 6.02. The number of ether oxygens (including phenoxy) is 1. The van der Waals surface area contributed by atoms with Crippen molar-refractivity contribution in [2.24, 2.45) is 0 Å². The van der Waals surface area contributed by atoms with Crippen LogP contribution in [0.1, 0.15) is 135 Å². The number of hydrogen-bond acceptors (Lipinski definition) is 3. The molecule has 0 amide bonds. The van der Waals surface area contributed by atoms with Gasteiger partial charge in [0.15, 0.2) is 5.69 Å². The van der Waals surface area contributed by atoms with E-state index in [2.05, 4.69) is 33.4 Å². The second kappa shape index (κ2) is 26.4. The van der Waals surface area contributed by atoms with Gasteiger partial charge in [-0.3, -0.25) is 0 Å². The van der Waals surface area contributed by atoms with E-state index in [0.717, 1.165) is 35.5 Å². The third-order valence-electron chi connectivity index (χ3n) is 9.02. The van der Waals surface area contributed by atoms with E-state index in [0.29, 0.717) is 11.3 Å². The maximum Gasteiger partial charge on any atom is 0.187 e. The van der Waals surface area contributed by atoms with Gasteiger partial charge in [0, 0.05) is 17.1 Å². The summed E-state index contributed by atoms with van der Waals surface area (Å²) in [6.07, 6.45) is 27.5. The Morgan fingerprint density at radius 2 is 1.00 bits per heavy atom. The molecule has 0 N–H and O–H groups in total. The lowest BCUT2D eigenvalue weighted by atomic mass is 9.99. The molecular formula is C43H60FNOS2. The number of rotatable bonds is 28. The molecule has 0 radical (unpaired) electrons. The standard InChI is InChI=1S/C43H60FNOS2/c1-3-4-5-6-7-8-12-15-18-21-34-47-48-35-22-19-16-13-10-9-11-14-17-20-33-46-41-30-25-37(26-31-41)39-27-32-42(43(44)36-39)38-23-28-40(45-2)29-24-38/h23-32,36H,3-22,33-35H2,1H3. The van der Waals surface area contributed by atoms with Crippen molar-refractivity contribution in [2.75, 3.05) is 18.1 Å². The first kappa shape index (κ1) is 40.0. The monoisotopic (exact) mass is 689 g/mol. The third kappa shape index (κ3) is 17.3. The third-order valence-corrected chi connectivity index (χ3v) is 11.6. The van der Waals surface area contributed by atoms with E-state index in [1.54, 1.807) is 30.3 Å². The summed E-state index contributed by atoms with van der Waals surface area (Å²) in [5.41, 5.74) is 3.67. The van der Waals surface area contributed by atoms with E-state index < -0.39 is 0 Å². The van der Waals surface area contributed by atoms with Gasteiger partial charge in [-0.1, -0.05) is 186 Å². The van der Waals surface area contributed by atoms with Gasteiger partial charge >= 0.3 is 0 Å². The molecular weight excluding hydrogens is 630 g/mol. The Kier molecular flexibility index (Phi) is 22.0. The minimum absolute atomic E-state index is 0.266. The highest BCUT2D eigenvalue weighted by Gasteiger charge is 2.08. The van der Waals surface area contributed by atoms with E-state index in [1.807, 2.05) is 36.4 Å². The molecule has 262 valence electrons. The Balaban J connectivity index is 1.09. The Hall–Kier alpha value is -2.42. The molecule has 3 rings (SSSR count). The van der Waals surface area contributed by atoms with Gasteiger partial charge in [0.05, 0.1) is 13.2 Å². The lowest BCUT2D eigenvalue weighted by Crippen LogP contribution is -1.97. The first-order valence-corrected chi connectivity index (χ1v) is 21.4. The highest BCUT2D eigenvalue weighted by molar-refractivity contribution is 8.76. The fraction of sp³-hybridized carbons (Fsp3) is 0.558. The van der Waals surface area contributed by atoms with Crippen LogP contribution in [0.5, 0.6) is 5.75 Å². The molecule has 0 spiro atoms. The van der Waals surface area contributed by atoms with E-state index in [9.17, 15) is 4.39 Å². The van der Waals surface area contributed by atoms with Gasteiger partial charge in [0.2, 0.25) is 0 Å². The molecule has 0 fully saturated rings. The fourth-order valence-corrected chi connectivity index (χ4v) is 8.32. The van der Waals surface area contributed by atoms with E-state index in [-0.39, 0.29) is 5.82 Å². The zero-order chi connectivity index (χ0) is 33.9. The van der Waals surface area contributed by atoms with E-state index in [1.165, 1.54) is 134 Å². The summed E-state index contributed by atoms with van der Waals surface area (Å²) in [4.78, 5) is 3.40. The molecule has 0 saturated heterocycles. The molecule has 48 heavy (non-hydrogen) atoms. The van der Waals surface area contributed by atoms with Crippen molar-refractivity contribution in [3.05, 3.63) is 84.0 Å². The predicted molar refractivity (Wildman–Crippen MR) is 212 cm³/mol. The van der Waals surface area contributed by atoms with Crippen LogP contribution in [-0.4, -0.2) is 18.1 Å². The van der Waals surface area contributed by atoms with Crippen LogP contribution in [0.2, 0.25) is 0 Å². The highest BCUT2D eigenvalue weighted by atomic mass is 33.1. The minimum atomic E-state index is -0.266. The quantitative estimate of drug-likeness (QED) is 0.0428. The second-order valence-corrected chi connectivity index (χ2v) is 15.8. The van der Waals surface area contributed by atoms with Gasteiger partial charge in [-0.2, -0.15) is 0 Å². The molecule has 0 aromatic heterocycles. The SMILES string of the molecule is [C-]#[N+]c1ccc(-c2ccc(-c3ccc(OCCCCCCCCCCCCSSCCCCCCCCCCCC)cc3)cc2F)cc1. The highest BCUT2D eigenvalue weighted by Crippen LogP contribution is 2.30. The zero-order valence-electron chi connectivity index (χ0n) is 29.7. The van der Waals surface area contributed by atoms with Crippen LogP contribution in [0.4, 0.5) is 10.1 Å². The molecule has 0 aliphatic rings. The van der Waals surface area contributed by atoms with Gasteiger partial charge in [-0.05, 0) is 54.2 Å². The molecule has 0 heterocycles. The maximum atomic E-state index is 14.9. The zero-order valence-corrected chi connectivity index (χ0v) is 31.3. The van der Waals surface area contributed by atoms with Crippen LogP contribution in [0.25, 0.3) is 27.1 Å². The van der Waals surface area contributed by atoms with Crippen LogP contribution in [0, 0.1) is 12.4 Å². The number of hydrogen-bond donors (Lipinski definition) is 0. The van der Waals surface area contributed by atoms with Crippen molar-refractivity contribution in [3.8, 4) is 28.0 Å². The molecule has 0 bridgehead atoms. The largest absolute Gasteiger partial charge is 0.494 e. The van der Waals surface area contributed by atoms with Crippen LogP contribution in [-0.2, 0) is 0 Å². The molecule has 0 atom stereocenters. The Labute approximate surface area is 300 Å². The minimum Gasteiger partial charge on any atom is -0.494 e. The van der Waals surface area contributed by atoms with Gasteiger partial charge in [0.1, 0.15) is 11.6 Å². The summed E-state index contributed by atoms with van der Waals surface area (Å²) >= 11 is 0. The van der Waals surface area contributed by atoms with Crippen molar-refractivity contribution in [2.45, 2.75) is 135 Å². The topological polar surface area (TPSA) is 13.6 Å². The van der Waals surface area contributed by atoms with Crippen molar-refractivity contribution in [1.29, 1.82) is 0 Å². The Morgan fingerprint density at radius 3 is 1.50 bits per heavy atom. The molecule has 0 aliphatic heterocycles. The Bertz CT molecular complexity index is 1270. The van der Waals surface area contributed by atoms with Gasteiger partial charge < -0.3 is 4.74 Å². The first-order valence-electron chi connectivity index (χ1n) is 19.0. The summed E-state index contributed by atoms with van der Waals surface area (Å²) in [6, 6.07) is 20.3. The van der Waals surface area contributed by atoms with Crippen molar-refractivity contribution in [3.63, 3.8) is 0 Å². The van der Waals surface area contributed by atoms with Crippen LogP contribution >= 0.6 is 21.6 Å². The molecule has 2 nitrogen and oxygen atoms in total. The average Bonchev–Trinajstić information content (AvgIpc) is 3.12. The van der Waals surface area contributed by atoms with E-state index >= 15 is 0 Å². The number of benzene rings is 3. The summed E-state index contributed by atoms with van der Waals surface area (Å²) in [6.45, 7) is 10.1. The summed E-state index contributed by atoms with van der Waals surface area (Å²) in [5, 5.41) is 0. The maximum absolute atomic E-state index is 14.9. The molecule has 0 saturated carbocycles. The van der Waals surface area contributed by atoms with Crippen molar-refractivity contribution in [1.82, 2.24) is 0 Å². The second-order valence-electron chi connectivity index (χ2n) is 13.1. The number of halogens is 1. The van der Waals surface area contributed by atoms with Crippen LogP contribution in [0.15, 0.2) is 66.7 Å². The van der Waals surface area contributed by atoms with Gasteiger partial charge in [-0.25, -0.2) is 9.24 Å². The summed E-state index contributed by atoms with van der Waals surface area (Å²) in [5.74, 6) is 3.26. The normalized spacial score (nSPS) is 11.1. The van der Waals surface area contributed by atoms with Crippen LogP contribution in [0.3, 0.4) is 0 Å². The van der Waals surface area contributed by atoms with Gasteiger partial charge in [-0.15, -0.1) is 0 Å². The van der Waals surface area contributed by atoms with Crippen molar-refractivity contribution >= 4 is 27.3 Å². The lowest BCUT2D eigenvalue weighted by Gasteiger charge is -2.09. The van der Waals surface area contributed by atoms with Crippen LogP contribution < -0.4 is 4.74 Å². The summed E-state index contributed by atoms with van der Waals surface area (Å²) in [7, 11) is 4.20. The number of unbranched alkanes of at least 4 members (excludes halogenated alkanes) is 18. The Morgan fingerprint density at radius 1 is 0.542 bits per heavy atom. The molecule has 0 unspecified atom stereocenters. The molecule has 0 aliphatic carbocycles.